The van der Waals surface area contributed by atoms with E-state index in [-0.39, 0.29) is 23.8 Å². The number of hydrogen-bond acceptors (Lipinski definition) is 1. The molecule has 0 unspecified atom stereocenters. The molecule has 98 valence electrons. The average Bonchev–Trinajstić information content (AvgIpc) is 2.40. The van der Waals surface area contributed by atoms with Gasteiger partial charge in [-0.2, -0.15) is 0 Å². The summed E-state index contributed by atoms with van der Waals surface area (Å²) in [5.41, 5.74) is 1.58. The lowest BCUT2D eigenvalue weighted by molar-refractivity contribution is 0.0950. The van der Waals surface area contributed by atoms with Crippen molar-refractivity contribution < 1.29 is 13.6 Å². The van der Waals surface area contributed by atoms with E-state index >= 15 is 0 Å². The molecule has 0 aromatic heterocycles. The Morgan fingerprint density at radius 3 is 2.63 bits per heavy atom. The van der Waals surface area contributed by atoms with Crippen LogP contribution in [0.5, 0.6) is 0 Å². The Balaban J connectivity index is 2.02. The number of carbonyl (C=O) groups excluding carboxylic acids is 1. The summed E-state index contributed by atoms with van der Waals surface area (Å²) in [7, 11) is 0. The van der Waals surface area contributed by atoms with Crippen LogP contribution in [0.1, 0.15) is 21.5 Å². The molecule has 0 saturated heterocycles. The van der Waals surface area contributed by atoms with Gasteiger partial charge in [0.25, 0.3) is 5.91 Å². The zero-order valence-electron chi connectivity index (χ0n) is 10.4. The Morgan fingerprint density at radius 2 is 1.95 bits per heavy atom. The smallest absolute Gasteiger partial charge is 0.251 e. The van der Waals surface area contributed by atoms with Gasteiger partial charge in [0, 0.05) is 12.1 Å². The van der Waals surface area contributed by atoms with Crippen LogP contribution in [0.25, 0.3) is 0 Å². The summed E-state index contributed by atoms with van der Waals surface area (Å²) < 4.78 is 26.0. The van der Waals surface area contributed by atoms with Crippen molar-refractivity contribution in [1.82, 2.24) is 5.32 Å². The third-order valence-corrected chi connectivity index (χ3v) is 2.76. The summed E-state index contributed by atoms with van der Waals surface area (Å²) in [6, 6.07) is 10.1. The van der Waals surface area contributed by atoms with Crippen LogP contribution in [0.4, 0.5) is 8.78 Å². The van der Waals surface area contributed by atoms with Crippen LogP contribution in [-0.2, 0) is 6.54 Å². The second-order valence-electron chi connectivity index (χ2n) is 4.28. The second kappa shape index (κ2) is 5.61. The summed E-state index contributed by atoms with van der Waals surface area (Å²) in [4.78, 5) is 11.8. The maximum atomic E-state index is 13.1. The molecule has 1 amide bonds. The molecule has 1 N–H and O–H groups in total. The maximum absolute atomic E-state index is 13.1. The summed E-state index contributed by atoms with van der Waals surface area (Å²) in [5, 5.41) is 2.66. The molecule has 2 rings (SSSR count). The zero-order chi connectivity index (χ0) is 13.8. The van der Waals surface area contributed by atoms with Crippen molar-refractivity contribution in [3.8, 4) is 0 Å². The number of aryl methyl sites for hydroxylation is 1. The van der Waals surface area contributed by atoms with Gasteiger partial charge in [-0.05, 0) is 42.3 Å². The highest BCUT2D eigenvalue weighted by molar-refractivity contribution is 5.94. The molecule has 2 aromatic carbocycles. The fraction of sp³-hybridized carbons (Fsp3) is 0.133. The number of hydrogen-bond donors (Lipinski definition) is 1. The van der Waals surface area contributed by atoms with Gasteiger partial charge in [-0.1, -0.05) is 18.2 Å². The molecular weight excluding hydrogens is 248 g/mol. The Labute approximate surface area is 110 Å². The van der Waals surface area contributed by atoms with Gasteiger partial charge in [-0.25, -0.2) is 8.78 Å². The Bertz CT molecular complexity index is 611. The summed E-state index contributed by atoms with van der Waals surface area (Å²) in [5.74, 6) is -1.09. The normalized spacial score (nSPS) is 10.3. The molecule has 0 aliphatic heterocycles. The second-order valence-corrected chi connectivity index (χ2v) is 4.28. The lowest BCUT2D eigenvalue weighted by atomic mass is 10.1. The molecule has 0 saturated carbocycles. The minimum Gasteiger partial charge on any atom is -0.348 e. The van der Waals surface area contributed by atoms with E-state index in [0.29, 0.717) is 5.56 Å². The fourth-order valence-electron chi connectivity index (χ4n) is 1.73. The maximum Gasteiger partial charge on any atom is 0.251 e. The lowest BCUT2D eigenvalue weighted by Crippen LogP contribution is -2.22. The first-order valence-corrected chi connectivity index (χ1v) is 5.85. The first-order valence-electron chi connectivity index (χ1n) is 5.85. The average molecular weight is 261 g/mol. The van der Waals surface area contributed by atoms with Gasteiger partial charge < -0.3 is 5.32 Å². The summed E-state index contributed by atoms with van der Waals surface area (Å²) in [6.07, 6.45) is 0. The van der Waals surface area contributed by atoms with Gasteiger partial charge in [-0.15, -0.1) is 0 Å². The quantitative estimate of drug-likeness (QED) is 0.903. The molecule has 0 aliphatic rings. The van der Waals surface area contributed by atoms with Crippen molar-refractivity contribution in [3.05, 3.63) is 70.8 Å². The fourth-order valence-corrected chi connectivity index (χ4v) is 1.73. The molecule has 2 nitrogen and oxygen atoms in total. The predicted octanol–water partition coefficient (Wildman–Crippen LogP) is 3.20. The van der Waals surface area contributed by atoms with Crippen LogP contribution in [0.15, 0.2) is 42.5 Å². The molecule has 19 heavy (non-hydrogen) atoms. The van der Waals surface area contributed by atoms with E-state index in [9.17, 15) is 13.6 Å². The summed E-state index contributed by atoms with van der Waals surface area (Å²) in [6.45, 7) is 1.93. The Kier molecular flexibility index (Phi) is 3.90. The number of benzene rings is 2. The van der Waals surface area contributed by atoms with Crippen LogP contribution in [-0.4, -0.2) is 5.91 Å². The largest absolute Gasteiger partial charge is 0.348 e. The van der Waals surface area contributed by atoms with E-state index in [1.807, 2.05) is 0 Å². The van der Waals surface area contributed by atoms with Crippen LogP contribution in [0, 0.1) is 18.6 Å². The molecular formula is C15H13F2NO. The monoisotopic (exact) mass is 261 g/mol. The lowest BCUT2D eigenvalue weighted by Gasteiger charge is -2.06. The molecule has 0 fully saturated rings. The van der Waals surface area contributed by atoms with Crippen molar-refractivity contribution >= 4 is 5.91 Å². The minimum absolute atomic E-state index is 0.263. The number of amides is 1. The highest BCUT2D eigenvalue weighted by atomic mass is 19.1. The predicted molar refractivity (Wildman–Crippen MR) is 68.7 cm³/mol. The molecule has 0 aliphatic carbocycles. The molecule has 0 bridgehead atoms. The molecule has 2 aromatic rings. The van der Waals surface area contributed by atoms with E-state index in [0.717, 1.165) is 5.56 Å². The van der Waals surface area contributed by atoms with Crippen LogP contribution >= 0.6 is 0 Å². The minimum atomic E-state index is -0.453. The van der Waals surface area contributed by atoms with Gasteiger partial charge in [-0.3, -0.25) is 4.79 Å². The third kappa shape index (κ3) is 3.37. The standard InChI is InChI=1S/C15H13F2NO/c1-10-7-11(5-6-14(10)17)9-18-15(19)12-3-2-4-13(16)8-12/h2-8H,9H2,1H3,(H,18,19). The van der Waals surface area contributed by atoms with E-state index in [4.69, 9.17) is 0 Å². The number of carbonyl (C=O) groups is 1. The van der Waals surface area contributed by atoms with Crippen molar-refractivity contribution in [2.24, 2.45) is 0 Å². The molecule has 0 atom stereocenters. The topological polar surface area (TPSA) is 29.1 Å². The number of halogens is 2. The number of nitrogens with one attached hydrogen (secondary N) is 1. The first-order chi connectivity index (χ1) is 9.06. The summed E-state index contributed by atoms with van der Waals surface area (Å²) >= 11 is 0. The third-order valence-electron chi connectivity index (χ3n) is 2.76. The van der Waals surface area contributed by atoms with Crippen LogP contribution in [0.3, 0.4) is 0 Å². The van der Waals surface area contributed by atoms with E-state index < -0.39 is 5.82 Å². The first kappa shape index (κ1) is 13.2. The van der Waals surface area contributed by atoms with Crippen LogP contribution in [0.2, 0.25) is 0 Å². The van der Waals surface area contributed by atoms with E-state index in [1.54, 1.807) is 19.1 Å². The van der Waals surface area contributed by atoms with E-state index in [1.165, 1.54) is 30.3 Å². The van der Waals surface area contributed by atoms with Crippen molar-refractivity contribution in [2.75, 3.05) is 0 Å². The zero-order valence-corrected chi connectivity index (χ0v) is 10.4. The highest BCUT2D eigenvalue weighted by Crippen LogP contribution is 2.09. The van der Waals surface area contributed by atoms with Gasteiger partial charge in [0.1, 0.15) is 11.6 Å². The Morgan fingerprint density at radius 1 is 1.16 bits per heavy atom. The molecule has 0 radical (unpaired) electrons. The van der Waals surface area contributed by atoms with Crippen molar-refractivity contribution in [2.45, 2.75) is 13.5 Å². The van der Waals surface area contributed by atoms with Gasteiger partial charge in [0.15, 0.2) is 0 Å². The Hall–Kier alpha value is -2.23. The van der Waals surface area contributed by atoms with Gasteiger partial charge in [0.05, 0.1) is 0 Å². The van der Waals surface area contributed by atoms with Crippen molar-refractivity contribution in [1.29, 1.82) is 0 Å². The highest BCUT2D eigenvalue weighted by Gasteiger charge is 2.06. The van der Waals surface area contributed by atoms with Gasteiger partial charge in [0.2, 0.25) is 0 Å². The van der Waals surface area contributed by atoms with Gasteiger partial charge >= 0.3 is 0 Å². The SMILES string of the molecule is Cc1cc(CNC(=O)c2cccc(F)c2)ccc1F. The number of rotatable bonds is 3. The molecule has 0 spiro atoms. The molecule has 4 heteroatoms. The van der Waals surface area contributed by atoms with Crippen molar-refractivity contribution in [3.63, 3.8) is 0 Å². The van der Waals surface area contributed by atoms with Crippen LogP contribution < -0.4 is 5.32 Å². The molecule has 0 heterocycles. The van der Waals surface area contributed by atoms with E-state index in [2.05, 4.69) is 5.32 Å².